The van der Waals surface area contributed by atoms with E-state index in [-0.39, 0.29) is 5.70 Å². The predicted molar refractivity (Wildman–Crippen MR) is 80.9 cm³/mol. The van der Waals surface area contributed by atoms with Gasteiger partial charge in [0.1, 0.15) is 11.5 Å². The molecule has 5 heteroatoms. The maximum absolute atomic E-state index is 11.3. The molecule has 2 aromatic rings. The number of ether oxygens (including phenoxy) is 2. The summed E-state index contributed by atoms with van der Waals surface area (Å²) in [6.45, 7) is 0. The topological polar surface area (TPSA) is 61.6 Å². The lowest BCUT2D eigenvalue weighted by atomic mass is 10.1. The van der Waals surface area contributed by atoms with Gasteiger partial charge in [0.15, 0.2) is 0 Å². The first-order valence-corrected chi connectivity index (χ1v) is 6.28. The smallest absolute Gasteiger partial charge is 0.277 e. The Morgan fingerprint density at radius 2 is 1.43 bits per heavy atom. The van der Waals surface area contributed by atoms with Crippen LogP contribution in [0.15, 0.2) is 48.5 Å². The molecule has 21 heavy (non-hydrogen) atoms. The first kappa shape index (κ1) is 14.6. The molecule has 0 aliphatic rings. The van der Waals surface area contributed by atoms with Gasteiger partial charge in [0, 0.05) is 6.08 Å². The minimum absolute atomic E-state index is 0.0304. The molecule has 0 N–H and O–H groups in total. The van der Waals surface area contributed by atoms with Gasteiger partial charge < -0.3 is 9.47 Å². The predicted octanol–water partition coefficient (Wildman–Crippen LogP) is 3.48. The van der Waals surface area contributed by atoms with Gasteiger partial charge in [-0.1, -0.05) is 12.1 Å². The van der Waals surface area contributed by atoms with E-state index in [9.17, 15) is 10.1 Å². The van der Waals surface area contributed by atoms with Crippen molar-refractivity contribution in [2.45, 2.75) is 0 Å². The standard InChI is InChI=1S/C16H15NO4/c1-20-14-7-3-12(4-8-14)11-16(17(18)19)13-5-9-15(21-2)10-6-13/h3-11H,1-2H3. The minimum Gasteiger partial charge on any atom is -0.497 e. The number of hydrogen-bond donors (Lipinski definition) is 0. The molecule has 0 spiro atoms. The zero-order valence-corrected chi connectivity index (χ0v) is 11.8. The number of benzene rings is 2. The second kappa shape index (κ2) is 6.56. The fraction of sp³-hybridized carbons (Fsp3) is 0.125. The molecule has 0 fully saturated rings. The van der Waals surface area contributed by atoms with Gasteiger partial charge in [0.25, 0.3) is 5.70 Å². The molecule has 5 nitrogen and oxygen atoms in total. The van der Waals surface area contributed by atoms with E-state index in [0.717, 1.165) is 5.56 Å². The third-order valence-electron chi connectivity index (χ3n) is 3.00. The molecular weight excluding hydrogens is 270 g/mol. The van der Waals surface area contributed by atoms with E-state index in [1.807, 2.05) is 0 Å². The Morgan fingerprint density at radius 3 is 1.86 bits per heavy atom. The Hall–Kier alpha value is -2.82. The maximum Gasteiger partial charge on any atom is 0.277 e. The molecule has 2 rings (SSSR count). The molecule has 0 saturated carbocycles. The van der Waals surface area contributed by atoms with Crippen molar-refractivity contribution in [3.63, 3.8) is 0 Å². The summed E-state index contributed by atoms with van der Waals surface area (Å²) < 4.78 is 10.1. The molecule has 0 amide bonds. The van der Waals surface area contributed by atoms with E-state index in [0.29, 0.717) is 17.1 Å². The Bertz CT molecular complexity index is 645. The average molecular weight is 285 g/mol. The van der Waals surface area contributed by atoms with Gasteiger partial charge in [-0.25, -0.2) is 0 Å². The zero-order chi connectivity index (χ0) is 15.2. The molecule has 0 aromatic heterocycles. The van der Waals surface area contributed by atoms with Crippen molar-refractivity contribution in [1.82, 2.24) is 0 Å². The third kappa shape index (κ3) is 3.60. The maximum atomic E-state index is 11.3. The van der Waals surface area contributed by atoms with Crippen molar-refractivity contribution in [3.05, 3.63) is 69.8 Å². The first-order valence-electron chi connectivity index (χ1n) is 6.28. The molecule has 0 radical (unpaired) electrons. The highest BCUT2D eigenvalue weighted by Crippen LogP contribution is 2.22. The summed E-state index contributed by atoms with van der Waals surface area (Å²) in [5.41, 5.74) is 1.29. The average Bonchev–Trinajstić information content (AvgIpc) is 2.53. The van der Waals surface area contributed by atoms with Gasteiger partial charge in [-0.3, -0.25) is 10.1 Å². The number of nitrogens with zero attached hydrogens (tertiary/aromatic N) is 1. The molecule has 0 aliphatic carbocycles. The first-order chi connectivity index (χ1) is 10.1. The van der Waals surface area contributed by atoms with Gasteiger partial charge in [0.2, 0.25) is 0 Å². The Morgan fingerprint density at radius 1 is 0.952 bits per heavy atom. The lowest BCUT2D eigenvalue weighted by Gasteiger charge is -2.03. The molecule has 0 saturated heterocycles. The fourth-order valence-corrected chi connectivity index (χ4v) is 1.86. The van der Waals surface area contributed by atoms with E-state index in [1.165, 1.54) is 6.08 Å². The van der Waals surface area contributed by atoms with Crippen LogP contribution in [0.4, 0.5) is 0 Å². The van der Waals surface area contributed by atoms with Gasteiger partial charge >= 0.3 is 0 Å². The van der Waals surface area contributed by atoms with Crippen LogP contribution in [-0.4, -0.2) is 19.1 Å². The van der Waals surface area contributed by atoms with Crippen LogP contribution in [0.1, 0.15) is 11.1 Å². The van der Waals surface area contributed by atoms with Crippen molar-refractivity contribution in [1.29, 1.82) is 0 Å². The fourth-order valence-electron chi connectivity index (χ4n) is 1.86. The van der Waals surface area contributed by atoms with Gasteiger partial charge in [-0.05, 0) is 42.0 Å². The SMILES string of the molecule is COc1ccc(C=C(c2ccc(OC)cc2)[N+](=O)[O-])cc1. The van der Waals surface area contributed by atoms with Gasteiger partial charge in [-0.2, -0.15) is 0 Å². The van der Waals surface area contributed by atoms with Crippen LogP contribution in [-0.2, 0) is 0 Å². The summed E-state index contributed by atoms with van der Waals surface area (Å²) >= 11 is 0. The highest BCUT2D eigenvalue weighted by molar-refractivity contribution is 5.76. The van der Waals surface area contributed by atoms with Crippen LogP contribution in [0, 0.1) is 10.1 Å². The molecule has 0 heterocycles. The largest absolute Gasteiger partial charge is 0.497 e. The van der Waals surface area contributed by atoms with Crippen molar-refractivity contribution in [3.8, 4) is 11.5 Å². The highest BCUT2D eigenvalue weighted by Gasteiger charge is 2.14. The Kier molecular flexibility index (Phi) is 4.56. The molecule has 0 aliphatic heterocycles. The molecular formula is C16H15NO4. The summed E-state index contributed by atoms with van der Waals surface area (Å²) in [5.74, 6) is 1.37. The Balaban J connectivity index is 2.36. The van der Waals surface area contributed by atoms with Crippen LogP contribution < -0.4 is 9.47 Å². The summed E-state index contributed by atoms with van der Waals surface area (Å²) in [4.78, 5) is 10.9. The molecule has 0 unspecified atom stereocenters. The summed E-state index contributed by atoms with van der Waals surface area (Å²) in [5, 5.41) is 11.3. The molecule has 0 bridgehead atoms. The lowest BCUT2D eigenvalue weighted by Crippen LogP contribution is -1.98. The molecule has 2 aromatic carbocycles. The quantitative estimate of drug-likeness (QED) is 0.479. The van der Waals surface area contributed by atoms with Crippen LogP contribution in [0.2, 0.25) is 0 Å². The zero-order valence-electron chi connectivity index (χ0n) is 11.8. The van der Waals surface area contributed by atoms with Crippen molar-refractivity contribution in [2.24, 2.45) is 0 Å². The second-order valence-electron chi connectivity index (χ2n) is 4.29. The highest BCUT2D eigenvalue weighted by atomic mass is 16.6. The number of rotatable bonds is 5. The molecule has 0 atom stereocenters. The van der Waals surface area contributed by atoms with Crippen LogP contribution in [0.3, 0.4) is 0 Å². The van der Waals surface area contributed by atoms with Crippen molar-refractivity contribution < 1.29 is 14.4 Å². The van der Waals surface area contributed by atoms with Crippen LogP contribution in [0.25, 0.3) is 11.8 Å². The van der Waals surface area contributed by atoms with Crippen molar-refractivity contribution >= 4 is 11.8 Å². The minimum atomic E-state index is -0.397. The van der Waals surface area contributed by atoms with E-state index in [2.05, 4.69) is 0 Å². The van der Waals surface area contributed by atoms with E-state index < -0.39 is 4.92 Å². The van der Waals surface area contributed by atoms with Crippen LogP contribution in [0.5, 0.6) is 11.5 Å². The van der Waals surface area contributed by atoms with Gasteiger partial charge in [-0.15, -0.1) is 0 Å². The number of methoxy groups -OCH3 is 2. The monoisotopic (exact) mass is 285 g/mol. The summed E-state index contributed by atoms with van der Waals surface area (Å²) in [7, 11) is 3.13. The van der Waals surface area contributed by atoms with Gasteiger partial charge in [0.05, 0.1) is 24.7 Å². The number of hydrogen-bond acceptors (Lipinski definition) is 4. The van der Waals surface area contributed by atoms with E-state index in [4.69, 9.17) is 9.47 Å². The third-order valence-corrected chi connectivity index (χ3v) is 3.00. The second-order valence-corrected chi connectivity index (χ2v) is 4.29. The van der Waals surface area contributed by atoms with Crippen LogP contribution >= 0.6 is 0 Å². The summed E-state index contributed by atoms with van der Waals surface area (Å²) in [6.07, 6.45) is 1.53. The normalized spacial score (nSPS) is 11.0. The lowest BCUT2D eigenvalue weighted by molar-refractivity contribution is -0.374. The number of nitro groups is 1. The van der Waals surface area contributed by atoms with Crippen molar-refractivity contribution in [2.75, 3.05) is 14.2 Å². The Labute approximate surface area is 122 Å². The van der Waals surface area contributed by atoms with E-state index >= 15 is 0 Å². The molecule has 108 valence electrons. The summed E-state index contributed by atoms with van der Waals surface area (Å²) in [6, 6.07) is 13.8. The van der Waals surface area contributed by atoms with E-state index in [1.54, 1.807) is 62.8 Å².